The van der Waals surface area contributed by atoms with Crippen LogP contribution in [0.5, 0.6) is 0 Å². The van der Waals surface area contributed by atoms with Gasteiger partial charge in [0.2, 0.25) is 5.91 Å². The molecule has 0 aromatic carbocycles. The summed E-state index contributed by atoms with van der Waals surface area (Å²) in [4.78, 5) is 31.6. The second-order valence-corrected chi connectivity index (χ2v) is 6.20. The van der Waals surface area contributed by atoms with E-state index in [-0.39, 0.29) is 11.7 Å². The maximum Gasteiger partial charge on any atom is 0.232 e. The lowest BCUT2D eigenvalue weighted by Gasteiger charge is -2.25. The van der Waals surface area contributed by atoms with Crippen molar-refractivity contribution in [2.45, 2.75) is 32.6 Å². The Bertz CT molecular complexity index is 596. The summed E-state index contributed by atoms with van der Waals surface area (Å²) in [5.74, 6) is -0.215. The molecule has 2 aliphatic heterocycles. The molecule has 1 aromatic heterocycles. The zero-order valence-electron chi connectivity index (χ0n) is 13.6. The molecule has 6 nitrogen and oxygen atoms in total. The largest absolute Gasteiger partial charge is 0.382 e. The minimum absolute atomic E-state index is 0.172. The van der Waals surface area contributed by atoms with Crippen LogP contribution < -0.4 is 15.5 Å². The lowest BCUT2D eigenvalue weighted by molar-refractivity contribution is -0.123. The molecular weight excluding hydrogens is 292 g/mol. The first-order valence-corrected chi connectivity index (χ1v) is 8.52. The number of hydrogen-bond donors (Lipinski definition) is 2. The summed E-state index contributed by atoms with van der Waals surface area (Å²) in [5.41, 5.74) is 1.13. The van der Waals surface area contributed by atoms with Crippen molar-refractivity contribution in [2.24, 2.45) is 5.92 Å². The zero-order valence-corrected chi connectivity index (χ0v) is 13.6. The Balaban J connectivity index is 1.75. The number of unbranched alkanes of at least 4 members (excludes halogenated alkanes) is 1. The molecule has 3 heterocycles. The number of nitrogens with zero attached hydrogens (tertiary/aromatic N) is 2. The number of rotatable bonds is 5. The van der Waals surface area contributed by atoms with Crippen LogP contribution in [0.25, 0.3) is 0 Å². The standard InChI is InChI=1S/C17H24N4O2/c1-2-3-8-18-17(23)12-11-19-13-6-7-14(20-15(13)16(12)22)21-9-4-5-10-21/h6-7,12,19H,2-5,8-11H2,1H3,(H,18,23). The number of hydrogen-bond acceptors (Lipinski definition) is 5. The summed E-state index contributed by atoms with van der Waals surface area (Å²) in [5, 5.41) is 6.02. The highest BCUT2D eigenvalue weighted by molar-refractivity contribution is 6.13. The van der Waals surface area contributed by atoms with Crippen LogP contribution in [0.15, 0.2) is 12.1 Å². The van der Waals surface area contributed by atoms with E-state index in [1.54, 1.807) is 0 Å². The third-order valence-corrected chi connectivity index (χ3v) is 4.50. The van der Waals surface area contributed by atoms with E-state index in [0.29, 0.717) is 18.8 Å². The van der Waals surface area contributed by atoms with E-state index in [9.17, 15) is 9.59 Å². The SMILES string of the molecule is CCCCNC(=O)C1CNc2ccc(N3CCCC3)nc2C1=O. The molecule has 2 N–H and O–H groups in total. The molecule has 0 aliphatic carbocycles. The molecule has 1 saturated heterocycles. The molecule has 2 aliphatic rings. The van der Waals surface area contributed by atoms with E-state index >= 15 is 0 Å². The Hall–Kier alpha value is -2.11. The van der Waals surface area contributed by atoms with Gasteiger partial charge in [0.05, 0.1) is 5.69 Å². The molecule has 23 heavy (non-hydrogen) atoms. The molecule has 1 fully saturated rings. The van der Waals surface area contributed by atoms with Crippen LogP contribution in [-0.2, 0) is 4.79 Å². The van der Waals surface area contributed by atoms with Gasteiger partial charge in [-0.2, -0.15) is 0 Å². The maximum atomic E-state index is 12.7. The normalized spacial score (nSPS) is 20.1. The van der Waals surface area contributed by atoms with Crippen molar-refractivity contribution in [2.75, 3.05) is 36.4 Å². The van der Waals surface area contributed by atoms with Crippen molar-refractivity contribution in [3.8, 4) is 0 Å². The number of nitrogens with one attached hydrogen (secondary N) is 2. The molecule has 0 bridgehead atoms. The number of Topliss-reactive ketones (excluding diaryl/α,β-unsaturated/α-hetero) is 1. The van der Waals surface area contributed by atoms with Gasteiger partial charge in [0, 0.05) is 26.2 Å². The highest BCUT2D eigenvalue weighted by Crippen LogP contribution is 2.27. The summed E-state index contributed by atoms with van der Waals surface area (Å²) in [6.07, 6.45) is 4.26. The van der Waals surface area contributed by atoms with Crippen molar-refractivity contribution >= 4 is 23.2 Å². The lowest BCUT2D eigenvalue weighted by Crippen LogP contribution is -2.43. The molecule has 3 rings (SSSR count). The molecule has 1 unspecified atom stereocenters. The summed E-state index contributed by atoms with van der Waals surface area (Å²) in [7, 11) is 0. The van der Waals surface area contributed by atoms with Crippen molar-refractivity contribution in [3.63, 3.8) is 0 Å². The fourth-order valence-electron chi connectivity index (χ4n) is 3.09. The van der Waals surface area contributed by atoms with E-state index in [4.69, 9.17) is 0 Å². The minimum atomic E-state index is -0.680. The Kier molecular flexibility index (Phi) is 4.79. The van der Waals surface area contributed by atoms with Gasteiger partial charge >= 0.3 is 0 Å². The summed E-state index contributed by atoms with van der Waals surface area (Å²) in [6.45, 7) is 4.99. The van der Waals surface area contributed by atoms with Crippen LogP contribution in [0, 0.1) is 5.92 Å². The van der Waals surface area contributed by atoms with Gasteiger partial charge in [-0.25, -0.2) is 4.98 Å². The van der Waals surface area contributed by atoms with Crippen LogP contribution in [0.3, 0.4) is 0 Å². The topological polar surface area (TPSA) is 74.3 Å². The van der Waals surface area contributed by atoms with Crippen LogP contribution in [0.2, 0.25) is 0 Å². The monoisotopic (exact) mass is 316 g/mol. The molecule has 0 saturated carbocycles. The van der Waals surface area contributed by atoms with Gasteiger partial charge < -0.3 is 15.5 Å². The van der Waals surface area contributed by atoms with Crippen LogP contribution in [0.4, 0.5) is 11.5 Å². The summed E-state index contributed by atoms with van der Waals surface area (Å²) < 4.78 is 0. The molecule has 124 valence electrons. The van der Waals surface area contributed by atoms with Crippen molar-refractivity contribution in [3.05, 3.63) is 17.8 Å². The van der Waals surface area contributed by atoms with Gasteiger partial charge in [-0.05, 0) is 31.4 Å². The number of anilines is 2. The number of aromatic nitrogens is 1. The van der Waals surface area contributed by atoms with Crippen molar-refractivity contribution in [1.82, 2.24) is 10.3 Å². The second kappa shape index (κ2) is 6.98. The highest BCUT2D eigenvalue weighted by Gasteiger charge is 2.34. The molecule has 6 heteroatoms. The summed E-state index contributed by atoms with van der Waals surface area (Å²) in [6, 6.07) is 3.85. The van der Waals surface area contributed by atoms with E-state index in [0.717, 1.165) is 50.3 Å². The number of carbonyl (C=O) groups is 2. The predicted molar refractivity (Wildman–Crippen MR) is 89.9 cm³/mol. The average molecular weight is 316 g/mol. The smallest absolute Gasteiger partial charge is 0.232 e. The first kappa shape index (κ1) is 15.8. The number of pyridine rings is 1. The molecule has 1 amide bonds. The highest BCUT2D eigenvalue weighted by atomic mass is 16.2. The maximum absolute atomic E-state index is 12.7. The quantitative estimate of drug-likeness (QED) is 0.640. The van der Waals surface area contributed by atoms with Gasteiger partial charge in [-0.15, -0.1) is 0 Å². The Morgan fingerprint density at radius 3 is 2.91 bits per heavy atom. The zero-order chi connectivity index (χ0) is 16.2. The van der Waals surface area contributed by atoms with E-state index in [1.165, 1.54) is 0 Å². The fourth-order valence-corrected chi connectivity index (χ4v) is 3.09. The lowest BCUT2D eigenvalue weighted by atomic mass is 9.95. The molecular formula is C17H24N4O2. The Morgan fingerprint density at radius 1 is 1.39 bits per heavy atom. The van der Waals surface area contributed by atoms with Crippen molar-refractivity contribution in [1.29, 1.82) is 0 Å². The number of ketones is 1. The van der Waals surface area contributed by atoms with Crippen LogP contribution in [0.1, 0.15) is 43.1 Å². The van der Waals surface area contributed by atoms with Gasteiger partial charge in [-0.1, -0.05) is 13.3 Å². The number of amides is 1. The van der Waals surface area contributed by atoms with Gasteiger partial charge in [0.15, 0.2) is 5.78 Å². The van der Waals surface area contributed by atoms with Crippen LogP contribution >= 0.6 is 0 Å². The van der Waals surface area contributed by atoms with E-state index in [1.807, 2.05) is 12.1 Å². The minimum Gasteiger partial charge on any atom is -0.382 e. The summed E-state index contributed by atoms with van der Waals surface area (Å²) >= 11 is 0. The van der Waals surface area contributed by atoms with Gasteiger partial charge in [0.1, 0.15) is 17.4 Å². The van der Waals surface area contributed by atoms with Crippen molar-refractivity contribution < 1.29 is 9.59 Å². The Morgan fingerprint density at radius 2 is 2.17 bits per heavy atom. The average Bonchev–Trinajstić information content (AvgIpc) is 3.09. The predicted octanol–water partition coefficient (Wildman–Crippen LogP) is 1.82. The second-order valence-electron chi connectivity index (χ2n) is 6.20. The molecule has 1 aromatic rings. The van der Waals surface area contributed by atoms with Gasteiger partial charge in [0.25, 0.3) is 0 Å². The first-order chi connectivity index (χ1) is 11.2. The first-order valence-electron chi connectivity index (χ1n) is 8.52. The fraction of sp³-hybridized carbons (Fsp3) is 0.588. The van der Waals surface area contributed by atoms with Crippen LogP contribution in [-0.4, -0.2) is 42.9 Å². The van der Waals surface area contributed by atoms with E-state index in [2.05, 4.69) is 27.4 Å². The molecule has 0 spiro atoms. The number of carbonyl (C=O) groups excluding carboxylic acids is 2. The molecule has 0 radical (unpaired) electrons. The number of fused-ring (bicyclic) bond motifs is 1. The third-order valence-electron chi connectivity index (χ3n) is 4.50. The third kappa shape index (κ3) is 3.30. The van der Waals surface area contributed by atoms with Gasteiger partial charge in [-0.3, -0.25) is 9.59 Å². The van der Waals surface area contributed by atoms with E-state index < -0.39 is 5.92 Å². The molecule has 1 atom stereocenters. The Labute approximate surface area is 136 Å².